The van der Waals surface area contributed by atoms with Gasteiger partial charge in [0.15, 0.2) is 12.3 Å². The number of benzene rings is 1. The first-order valence-electron chi connectivity index (χ1n) is 8.97. The van der Waals surface area contributed by atoms with Crippen LogP contribution in [0.4, 0.5) is 27.2 Å². The van der Waals surface area contributed by atoms with Crippen LogP contribution in [-0.4, -0.2) is 40.7 Å². The second kappa shape index (κ2) is 8.27. The average Bonchev–Trinajstić information content (AvgIpc) is 2.90. The molecule has 0 fully saturated rings. The highest BCUT2D eigenvalue weighted by Gasteiger charge is 2.45. The smallest absolute Gasteiger partial charge is 0.408 e. The van der Waals surface area contributed by atoms with Crippen molar-refractivity contribution in [3.63, 3.8) is 0 Å². The quantitative estimate of drug-likeness (QED) is 0.518. The van der Waals surface area contributed by atoms with Crippen molar-refractivity contribution in [2.75, 3.05) is 13.1 Å². The third kappa shape index (κ3) is 5.02. The van der Waals surface area contributed by atoms with E-state index in [4.69, 9.17) is 32.6 Å². The fourth-order valence-corrected chi connectivity index (χ4v) is 3.96. The Morgan fingerprint density at radius 3 is 2.52 bits per heavy atom. The van der Waals surface area contributed by atoms with Crippen LogP contribution in [0, 0.1) is 5.82 Å². The van der Waals surface area contributed by atoms with E-state index in [0.717, 1.165) is 6.07 Å². The van der Waals surface area contributed by atoms with Crippen molar-refractivity contribution in [2.24, 2.45) is 11.5 Å². The molecule has 2 amide bonds. The third-order valence-electron chi connectivity index (χ3n) is 4.83. The number of carbonyl (C=O) groups excluding carboxylic acids is 2. The Labute approximate surface area is 178 Å². The maximum atomic E-state index is 13.8. The molecule has 1 aliphatic rings. The van der Waals surface area contributed by atoms with E-state index in [1.165, 1.54) is 22.8 Å². The lowest BCUT2D eigenvalue weighted by atomic mass is 10.1. The van der Waals surface area contributed by atoms with E-state index in [9.17, 15) is 27.2 Å². The molecule has 0 aliphatic carbocycles. The van der Waals surface area contributed by atoms with Crippen LogP contribution < -0.4 is 16.2 Å². The molecular formula is C18H18ClF4N4O4+. The van der Waals surface area contributed by atoms with E-state index in [0.29, 0.717) is 0 Å². The van der Waals surface area contributed by atoms with Gasteiger partial charge in [0.1, 0.15) is 29.8 Å². The maximum absolute atomic E-state index is 13.8. The SMILES string of the molecule is NC(=O)Oc1c(-c2cccc(F)c2)c(Cl)n2c1C[N+](CCC(F)(F)F)(OC(N)=O)CC2. The molecule has 0 saturated heterocycles. The van der Waals surface area contributed by atoms with Gasteiger partial charge in [-0.05, 0) is 17.7 Å². The highest BCUT2D eigenvalue weighted by atomic mass is 35.5. The molecule has 1 atom stereocenters. The van der Waals surface area contributed by atoms with Crippen molar-refractivity contribution in [2.45, 2.75) is 25.7 Å². The summed E-state index contributed by atoms with van der Waals surface area (Å²) in [6, 6.07) is 5.26. The zero-order chi connectivity index (χ0) is 23.0. The number of hydrogen-bond acceptors (Lipinski definition) is 4. The predicted molar refractivity (Wildman–Crippen MR) is 100 cm³/mol. The van der Waals surface area contributed by atoms with Gasteiger partial charge in [-0.1, -0.05) is 23.7 Å². The number of hydroxylamine groups is 3. The molecule has 168 valence electrons. The summed E-state index contributed by atoms with van der Waals surface area (Å²) in [4.78, 5) is 28.0. The summed E-state index contributed by atoms with van der Waals surface area (Å²) in [6.07, 6.45) is -8.24. The fourth-order valence-electron chi connectivity index (χ4n) is 3.58. The number of hydrogen-bond donors (Lipinski definition) is 2. The monoisotopic (exact) mass is 465 g/mol. The van der Waals surface area contributed by atoms with Gasteiger partial charge in [0.05, 0.1) is 18.5 Å². The Morgan fingerprint density at radius 2 is 1.94 bits per heavy atom. The summed E-state index contributed by atoms with van der Waals surface area (Å²) >= 11 is 6.46. The third-order valence-corrected chi connectivity index (χ3v) is 5.22. The molecule has 4 N–H and O–H groups in total. The van der Waals surface area contributed by atoms with Gasteiger partial charge in [0.25, 0.3) is 0 Å². The standard InChI is InChI=1S/C18H17ClF4N4O4/c19-15-13(10-2-1-3-11(20)8-10)14(30-16(24)28)12-9-27(31-17(25)29,7-5-26(12)15)6-4-18(21,22)23/h1-3,8H,4-7,9H2,(H3-,24,25,28,29)/p+1. The van der Waals surface area contributed by atoms with Crippen LogP contribution in [0.2, 0.25) is 5.15 Å². The lowest BCUT2D eigenvalue weighted by Gasteiger charge is -2.37. The van der Waals surface area contributed by atoms with Crippen molar-refractivity contribution in [1.29, 1.82) is 0 Å². The summed E-state index contributed by atoms with van der Waals surface area (Å²) in [6.45, 7) is -1.04. The van der Waals surface area contributed by atoms with Crippen molar-refractivity contribution < 1.29 is 41.4 Å². The van der Waals surface area contributed by atoms with E-state index in [-0.39, 0.29) is 47.4 Å². The van der Waals surface area contributed by atoms with Crippen molar-refractivity contribution in [3.05, 3.63) is 40.9 Å². The zero-order valence-electron chi connectivity index (χ0n) is 15.9. The minimum absolute atomic E-state index is 0.00371. The number of rotatable bonds is 5. The number of amides is 2. The minimum atomic E-state index is -4.51. The molecule has 3 rings (SSSR count). The molecule has 2 heterocycles. The van der Waals surface area contributed by atoms with Crippen molar-refractivity contribution in [1.82, 2.24) is 4.57 Å². The van der Waals surface area contributed by atoms with E-state index >= 15 is 0 Å². The Balaban J connectivity index is 2.12. The number of nitrogens with two attached hydrogens (primary N) is 2. The Hall–Kier alpha value is -2.99. The van der Waals surface area contributed by atoms with E-state index < -0.39 is 41.8 Å². The first-order valence-corrected chi connectivity index (χ1v) is 9.34. The molecular weight excluding hydrogens is 448 g/mol. The van der Waals surface area contributed by atoms with E-state index in [1.54, 1.807) is 0 Å². The first-order chi connectivity index (χ1) is 14.4. The lowest BCUT2D eigenvalue weighted by molar-refractivity contribution is -1.10. The van der Waals surface area contributed by atoms with Crippen molar-refractivity contribution >= 4 is 23.8 Å². The van der Waals surface area contributed by atoms with Crippen LogP contribution in [0.15, 0.2) is 24.3 Å². The molecule has 0 radical (unpaired) electrons. The molecule has 13 heteroatoms. The number of primary amides is 2. The van der Waals surface area contributed by atoms with Gasteiger partial charge in [-0.3, -0.25) is 4.84 Å². The molecule has 1 aromatic carbocycles. The number of nitrogens with zero attached hydrogens (tertiary/aromatic N) is 2. The number of alkyl halides is 3. The van der Waals surface area contributed by atoms with Gasteiger partial charge in [0, 0.05) is 0 Å². The summed E-state index contributed by atoms with van der Waals surface area (Å²) in [5, 5.41) is 0.0598. The van der Waals surface area contributed by atoms with Crippen molar-refractivity contribution in [3.8, 4) is 16.9 Å². The minimum Gasteiger partial charge on any atom is -0.408 e. The number of quaternary nitrogens is 1. The van der Waals surface area contributed by atoms with Crippen LogP contribution in [0.1, 0.15) is 12.1 Å². The van der Waals surface area contributed by atoms with Gasteiger partial charge >= 0.3 is 18.4 Å². The molecule has 0 bridgehead atoms. The summed E-state index contributed by atoms with van der Waals surface area (Å²) in [5.74, 6) is -0.750. The van der Waals surface area contributed by atoms with E-state index in [2.05, 4.69) is 0 Å². The molecule has 1 aromatic heterocycles. The van der Waals surface area contributed by atoms with Gasteiger partial charge in [-0.15, -0.1) is 4.65 Å². The molecule has 1 unspecified atom stereocenters. The molecule has 1 aliphatic heterocycles. The second-order valence-electron chi connectivity index (χ2n) is 6.96. The van der Waals surface area contributed by atoms with Gasteiger partial charge in [-0.2, -0.15) is 13.2 Å². The molecule has 8 nitrogen and oxygen atoms in total. The van der Waals surface area contributed by atoms with Crippen LogP contribution in [0.5, 0.6) is 5.75 Å². The number of ether oxygens (including phenoxy) is 1. The number of halogens is 5. The summed E-state index contributed by atoms with van der Waals surface area (Å²) < 4.78 is 58.2. The predicted octanol–water partition coefficient (Wildman–Crippen LogP) is 3.70. The normalized spacial score (nSPS) is 18.4. The fraction of sp³-hybridized carbons (Fsp3) is 0.333. The molecule has 2 aromatic rings. The first kappa shape index (κ1) is 22.7. The average molecular weight is 466 g/mol. The van der Waals surface area contributed by atoms with Crippen LogP contribution in [0.3, 0.4) is 0 Å². The molecule has 0 spiro atoms. The maximum Gasteiger partial charge on any atom is 0.459 e. The Kier molecular flexibility index (Phi) is 6.05. The van der Waals surface area contributed by atoms with Gasteiger partial charge in [0.2, 0.25) is 0 Å². The second-order valence-corrected chi connectivity index (χ2v) is 7.32. The summed E-state index contributed by atoms with van der Waals surface area (Å²) in [7, 11) is 0. The summed E-state index contributed by atoms with van der Waals surface area (Å²) in [5.41, 5.74) is 10.8. The molecule has 0 saturated carbocycles. The van der Waals surface area contributed by atoms with Gasteiger partial charge in [-0.25, -0.2) is 14.0 Å². The number of carbonyl (C=O) groups is 2. The van der Waals surface area contributed by atoms with E-state index in [1.807, 2.05) is 0 Å². The number of fused-ring (bicyclic) bond motifs is 1. The lowest BCUT2D eigenvalue weighted by Crippen LogP contribution is -2.55. The van der Waals surface area contributed by atoms with Crippen LogP contribution in [-0.2, 0) is 17.9 Å². The number of aromatic nitrogens is 1. The highest BCUT2D eigenvalue weighted by molar-refractivity contribution is 6.33. The largest absolute Gasteiger partial charge is 0.459 e. The molecule has 31 heavy (non-hydrogen) atoms. The van der Waals surface area contributed by atoms with Gasteiger partial charge < -0.3 is 20.8 Å². The topological polar surface area (TPSA) is 110 Å². The van der Waals surface area contributed by atoms with Crippen LogP contribution in [0.25, 0.3) is 11.1 Å². The van der Waals surface area contributed by atoms with Crippen LogP contribution >= 0.6 is 11.6 Å². The Morgan fingerprint density at radius 1 is 1.23 bits per heavy atom. The highest BCUT2D eigenvalue weighted by Crippen LogP contribution is 2.45. The Bertz CT molecular complexity index is 1030. The zero-order valence-corrected chi connectivity index (χ0v) is 16.7.